The number of hydrogen-bond acceptors (Lipinski definition) is 8. The van der Waals surface area contributed by atoms with Gasteiger partial charge < -0.3 is 34.1 Å². The topological polar surface area (TPSA) is 130 Å². The zero-order valence-electron chi connectivity index (χ0n) is 42.9. The van der Waals surface area contributed by atoms with E-state index in [1.807, 2.05) is 0 Å². The smallest absolute Gasteiger partial charge is 0.407 e. The first-order valence-corrected chi connectivity index (χ1v) is 28.0. The molecule has 0 bridgehead atoms. The zero-order chi connectivity index (χ0) is 47.2. The number of hydrogen-bond donors (Lipinski definition) is 2. The molecule has 0 heterocycles. The first-order valence-electron chi connectivity index (χ1n) is 28.0. The van der Waals surface area contributed by atoms with E-state index in [0.29, 0.717) is 52.4 Å². The van der Waals surface area contributed by atoms with Gasteiger partial charge in [0.1, 0.15) is 18.5 Å². The predicted molar refractivity (Wildman–Crippen MR) is 270 cm³/mol. The van der Waals surface area contributed by atoms with Gasteiger partial charge >= 0.3 is 12.1 Å². The van der Waals surface area contributed by atoms with Crippen molar-refractivity contribution in [3.8, 4) is 0 Å². The van der Waals surface area contributed by atoms with Gasteiger partial charge in [0.15, 0.2) is 0 Å². The highest BCUT2D eigenvalue weighted by Gasteiger charge is 2.13. The van der Waals surface area contributed by atoms with Crippen LogP contribution in [-0.2, 0) is 33.3 Å². The number of amides is 1. The first-order chi connectivity index (χ1) is 32.0. The fraction of sp³-hybridized carbons (Fsp3) is 0.945. The summed E-state index contributed by atoms with van der Waals surface area (Å²) in [6.07, 6.45) is 47.6. The van der Waals surface area contributed by atoms with Crippen molar-refractivity contribution in [1.29, 1.82) is 0 Å². The number of carboxylic acids is 1. The number of ketones is 1. The van der Waals surface area contributed by atoms with Crippen molar-refractivity contribution in [1.82, 2.24) is 5.32 Å². The van der Waals surface area contributed by atoms with E-state index in [1.54, 1.807) is 0 Å². The normalized spacial score (nSPS) is 11.9. The number of unbranched alkanes of at least 4 members (excludes halogenated alkanes) is 33. The van der Waals surface area contributed by atoms with E-state index in [-0.39, 0.29) is 31.5 Å². The van der Waals surface area contributed by atoms with Crippen LogP contribution in [0.1, 0.15) is 271 Å². The van der Waals surface area contributed by atoms with Crippen molar-refractivity contribution in [2.45, 2.75) is 277 Å². The van der Waals surface area contributed by atoms with Crippen LogP contribution in [0.15, 0.2) is 0 Å². The van der Waals surface area contributed by atoms with Gasteiger partial charge in [-0.1, -0.05) is 213 Å². The maximum absolute atomic E-state index is 12.5. The molecule has 0 spiro atoms. The molecule has 0 radical (unpaired) electrons. The van der Waals surface area contributed by atoms with Crippen molar-refractivity contribution in [3.63, 3.8) is 0 Å². The summed E-state index contributed by atoms with van der Waals surface area (Å²) in [5, 5.41) is 11.5. The number of carboxylic acid groups (broad SMARTS) is 1. The fourth-order valence-corrected chi connectivity index (χ4v) is 8.18. The quantitative estimate of drug-likeness (QED) is 0.0573. The number of carbonyl (C=O) groups excluding carboxylic acids is 2. The Morgan fingerprint density at radius 3 is 1.22 bits per heavy atom. The molecule has 0 saturated heterocycles. The largest absolute Gasteiger partial charge is 0.481 e. The molecule has 0 aliphatic rings. The molecule has 0 aliphatic heterocycles. The van der Waals surface area contributed by atoms with Crippen molar-refractivity contribution in [2.75, 3.05) is 59.4 Å². The lowest BCUT2D eigenvalue weighted by Gasteiger charge is -2.18. The Labute approximate surface area is 401 Å². The Hall–Kier alpha value is -1.75. The van der Waals surface area contributed by atoms with Gasteiger partial charge in [0, 0.05) is 39.2 Å². The van der Waals surface area contributed by atoms with E-state index in [4.69, 9.17) is 28.8 Å². The molecule has 0 aromatic heterocycles. The van der Waals surface area contributed by atoms with Crippen LogP contribution in [-0.4, -0.2) is 88.5 Å². The van der Waals surface area contributed by atoms with E-state index in [2.05, 4.69) is 19.2 Å². The second kappa shape index (κ2) is 54.9. The van der Waals surface area contributed by atoms with Crippen LogP contribution < -0.4 is 5.32 Å². The Bertz CT molecular complexity index is 983. The maximum Gasteiger partial charge on any atom is 0.407 e. The molecule has 10 nitrogen and oxygen atoms in total. The van der Waals surface area contributed by atoms with E-state index >= 15 is 0 Å². The summed E-state index contributed by atoms with van der Waals surface area (Å²) in [5.74, 6) is -0.610. The minimum atomic E-state index is -0.871. The van der Waals surface area contributed by atoms with Gasteiger partial charge in [-0.05, 0) is 38.5 Å². The number of ether oxygens (including phenoxy) is 5. The minimum Gasteiger partial charge on any atom is -0.481 e. The average Bonchev–Trinajstić information content (AvgIpc) is 3.30. The molecule has 0 saturated carbocycles. The van der Waals surface area contributed by atoms with E-state index < -0.39 is 12.1 Å². The van der Waals surface area contributed by atoms with E-state index in [1.165, 1.54) is 193 Å². The van der Waals surface area contributed by atoms with Gasteiger partial charge in [-0.25, -0.2) is 4.79 Å². The molecule has 386 valence electrons. The fourth-order valence-electron chi connectivity index (χ4n) is 8.18. The predicted octanol–water partition coefficient (Wildman–Crippen LogP) is 15.4. The third-order valence-corrected chi connectivity index (χ3v) is 12.4. The summed E-state index contributed by atoms with van der Waals surface area (Å²) in [6.45, 7) is 8.66. The van der Waals surface area contributed by atoms with Gasteiger partial charge in [-0.2, -0.15) is 0 Å². The average molecular weight is 926 g/mol. The van der Waals surface area contributed by atoms with Crippen LogP contribution in [0.3, 0.4) is 0 Å². The van der Waals surface area contributed by atoms with E-state index in [0.717, 1.165) is 51.6 Å². The standard InChI is InChI=1S/C55H107NO9/c1-3-5-7-9-11-13-15-17-19-21-23-25-27-29-31-37-45-63-50-53(64-46-38-32-30-28-26-24-22-20-18-16-14-12-10-8-6-4-2)51-65-55(60)56-43-36-33-34-40-52(57)41-35-39-44-61-48-49-62-47-42-54(58)59/h53H,3-51H2,1-2H3,(H,56,60)(H,58,59)/t53-/m1/s1. The van der Waals surface area contributed by atoms with Crippen molar-refractivity contribution in [2.24, 2.45) is 0 Å². The van der Waals surface area contributed by atoms with Crippen LogP contribution in [0.5, 0.6) is 0 Å². The Balaban J connectivity index is 4.14. The Morgan fingerprint density at radius 1 is 0.385 bits per heavy atom. The molecule has 0 aliphatic carbocycles. The molecule has 2 N–H and O–H groups in total. The number of aliphatic carboxylic acids is 1. The maximum atomic E-state index is 12.5. The molecule has 1 amide bonds. The first kappa shape index (κ1) is 63.2. The van der Waals surface area contributed by atoms with Crippen LogP contribution in [0.25, 0.3) is 0 Å². The number of Topliss-reactive ketones (excluding diaryl/α,β-unsaturated/α-hetero) is 1. The van der Waals surface area contributed by atoms with Gasteiger partial charge in [0.2, 0.25) is 0 Å². The highest BCUT2D eigenvalue weighted by atomic mass is 16.6. The third-order valence-electron chi connectivity index (χ3n) is 12.4. The van der Waals surface area contributed by atoms with Crippen LogP contribution in [0.4, 0.5) is 4.79 Å². The lowest BCUT2D eigenvalue weighted by Crippen LogP contribution is -2.32. The van der Waals surface area contributed by atoms with Crippen molar-refractivity contribution < 1.29 is 43.2 Å². The summed E-state index contributed by atoms with van der Waals surface area (Å²) in [7, 11) is 0. The highest BCUT2D eigenvalue weighted by Crippen LogP contribution is 2.16. The van der Waals surface area contributed by atoms with Gasteiger partial charge in [-0.15, -0.1) is 0 Å². The Morgan fingerprint density at radius 2 is 0.754 bits per heavy atom. The molecule has 0 fully saturated rings. The molecule has 0 rings (SSSR count). The monoisotopic (exact) mass is 926 g/mol. The third kappa shape index (κ3) is 54.7. The van der Waals surface area contributed by atoms with Crippen molar-refractivity contribution >= 4 is 17.8 Å². The van der Waals surface area contributed by atoms with Crippen LogP contribution in [0.2, 0.25) is 0 Å². The summed E-state index contributed by atoms with van der Waals surface area (Å²) in [5.41, 5.74) is 0. The zero-order valence-corrected chi connectivity index (χ0v) is 42.9. The summed E-state index contributed by atoms with van der Waals surface area (Å²) in [6, 6.07) is 0. The molecule has 0 aromatic carbocycles. The van der Waals surface area contributed by atoms with Gasteiger partial charge in [-0.3, -0.25) is 9.59 Å². The summed E-state index contributed by atoms with van der Waals surface area (Å²) >= 11 is 0. The molecular weight excluding hydrogens is 819 g/mol. The van der Waals surface area contributed by atoms with Gasteiger partial charge in [0.25, 0.3) is 0 Å². The SMILES string of the molecule is CCCCCCCCCCCCCCCCCCOC[C@H](COC(=O)NCCCCCC(=O)CCCCOCCOCCC(=O)O)OCCCCCCCCCCCCCCCCCC. The second-order valence-corrected chi connectivity index (χ2v) is 18.9. The van der Waals surface area contributed by atoms with Crippen molar-refractivity contribution in [3.05, 3.63) is 0 Å². The molecule has 1 atom stereocenters. The lowest BCUT2D eigenvalue weighted by atomic mass is 10.0. The summed E-state index contributed by atoms with van der Waals surface area (Å²) < 4.78 is 28.5. The minimum absolute atomic E-state index is 0.00302. The van der Waals surface area contributed by atoms with E-state index in [9.17, 15) is 14.4 Å². The highest BCUT2D eigenvalue weighted by molar-refractivity contribution is 5.78. The number of alkyl carbamates (subject to hydrolysis) is 1. The molecule has 0 aromatic rings. The van der Waals surface area contributed by atoms with Crippen LogP contribution >= 0.6 is 0 Å². The second-order valence-electron chi connectivity index (χ2n) is 18.9. The number of carbonyl (C=O) groups is 3. The summed E-state index contributed by atoms with van der Waals surface area (Å²) in [4.78, 5) is 35.2. The molecule has 0 unspecified atom stereocenters. The lowest BCUT2D eigenvalue weighted by molar-refractivity contribution is -0.138. The number of nitrogens with one attached hydrogen (secondary N) is 1. The van der Waals surface area contributed by atoms with Gasteiger partial charge in [0.05, 0.1) is 32.8 Å². The Kier molecular flexibility index (Phi) is 53.4. The molecule has 65 heavy (non-hydrogen) atoms. The van der Waals surface area contributed by atoms with Crippen LogP contribution in [0, 0.1) is 0 Å². The molecule has 10 heteroatoms. The molecular formula is C55H107NO9. The number of rotatable bonds is 56.